The number of amides is 1. The van der Waals surface area contributed by atoms with Gasteiger partial charge >= 0.3 is 0 Å². The molecule has 2 aromatic rings. The standard InChI is InChI=1S/C18H23N5O/c1-22-8-10-23(11-9-22)16-5-3-2-4-14(16)12-20-17-7-6-15(13-21-17)18(19)24/h2-7,13H,8-12H2,1H3,(H2,19,24)(H,20,21). The van der Waals surface area contributed by atoms with Crippen LogP contribution in [-0.2, 0) is 6.54 Å². The van der Waals surface area contributed by atoms with E-state index in [1.807, 2.05) is 0 Å². The van der Waals surface area contributed by atoms with Gasteiger partial charge in [0.15, 0.2) is 0 Å². The van der Waals surface area contributed by atoms with Crippen molar-refractivity contribution in [3.63, 3.8) is 0 Å². The molecule has 1 aliphatic heterocycles. The smallest absolute Gasteiger partial charge is 0.250 e. The number of para-hydroxylation sites is 1. The van der Waals surface area contributed by atoms with Gasteiger partial charge in [0.2, 0.25) is 5.91 Å². The van der Waals surface area contributed by atoms with Gasteiger partial charge in [-0.25, -0.2) is 4.98 Å². The Morgan fingerprint density at radius 2 is 1.92 bits per heavy atom. The summed E-state index contributed by atoms with van der Waals surface area (Å²) < 4.78 is 0. The van der Waals surface area contributed by atoms with Gasteiger partial charge in [0.1, 0.15) is 5.82 Å². The van der Waals surface area contributed by atoms with Crippen LogP contribution in [0.1, 0.15) is 15.9 Å². The number of likely N-dealkylation sites (N-methyl/N-ethyl adjacent to an activating group) is 1. The van der Waals surface area contributed by atoms with Crippen LogP contribution in [0.4, 0.5) is 11.5 Å². The number of nitrogens with two attached hydrogens (primary N) is 1. The molecule has 1 saturated heterocycles. The summed E-state index contributed by atoms with van der Waals surface area (Å²) >= 11 is 0. The number of piperazine rings is 1. The minimum absolute atomic E-state index is 0.415. The zero-order valence-electron chi connectivity index (χ0n) is 13.9. The summed E-state index contributed by atoms with van der Waals surface area (Å²) in [4.78, 5) is 20.1. The molecule has 6 heteroatoms. The van der Waals surface area contributed by atoms with Gasteiger partial charge in [0.25, 0.3) is 0 Å². The number of nitrogens with one attached hydrogen (secondary N) is 1. The van der Waals surface area contributed by atoms with Gasteiger partial charge in [0, 0.05) is 44.6 Å². The Morgan fingerprint density at radius 1 is 1.17 bits per heavy atom. The Bertz CT molecular complexity index is 693. The minimum atomic E-state index is -0.463. The van der Waals surface area contributed by atoms with E-state index >= 15 is 0 Å². The monoisotopic (exact) mass is 325 g/mol. The van der Waals surface area contributed by atoms with E-state index in [4.69, 9.17) is 5.73 Å². The van der Waals surface area contributed by atoms with Crippen LogP contribution in [0, 0.1) is 0 Å². The van der Waals surface area contributed by atoms with Gasteiger partial charge in [-0.3, -0.25) is 4.79 Å². The first-order chi connectivity index (χ1) is 11.6. The van der Waals surface area contributed by atoms with Crippen LogP contribution in [0.3, 0.4) is 0 Å². The summed E-state index contributed by atoms with van der Waals surface area (Å²) in [6, 6.07) is 11.9. The van der Waals surface area contributed by atoms with Gasteiger partial charge in [-0.15, -0.1) is 0 Å². The predicted octanol–water partition coefficient (Wildman–Crippen LogP) is 1.54. The number of hydrogen-bond acceptors (Lipinski definition) is 5. The Labute approximate surface area is 142 Å². The lowest BCUT2D eigenvalue weighted by Gasteiger charge is -2.35. The maximum absolute atomic E-state index is 11.1. The maximum atomic E-state index is 11.1. The SMILES string of the molecule is CN1CCN(c2ccccc2CNc2ccc(C(N)=O)cn2)CC1. The van der Waals surface area contributed by atoms with E-state index in [0.717, 1.165) is 32.0 Å². The Balaban J connectivity index is 1.68. The zero-order chi connectivity index (χ0) is 16.9. The molecule has 24 heavy (non-hydrogen) atoms. The third kappa shape index (κ3) is 3.83. The molecule has 1 amide bonds. The van der Waals surface area contributed by atoms with Gasteiger partial charge < -0.3 is 20.9 Å². The second-order valence-electron chi connectivity index (χ2n) is 6.07. The molecule has 0 atom stereocenters. The molecular formula is C18H23N5O. The molecule has 0 aliphatic carbocycles. The number of rotatable bonds is 5. The van der Waals surface area contributed by atoms with Crippen molar-refractivity contribution in [2.75, 3.05) is 43.4 Å². The van der Waals surface area contributed by atoms with Crippen LogP contribution in [0.5, 0.6) is 0 Å². The number of carbonyl (C=O) groups excluding carboxylic acids is 1. The highest BCUT2D eigenvalue weighted by atomic mass is 16.1. The van der Waals surface area contributed by atoms with Gasteiger partial charge in [-0.05, 0) is 30.8 Å². The zero-order valence-corrected chi connectivity index (χ0v) is 13.9. The highest BCUT2D eigenvalue weighted by Gasteiger charge is 2.16. The summed E-state index contributed by atoms with van der Waals surface area (Å²) in [5.41, 5.74) is 8.16. The van der Waals surface area contributed by atoms with E-state index in [1.165, 1.54) is 17.4 Å². The normalized spacial score (nSPS) is 15.3. The molecule has 3 rings (SSSR count). The molecule has 1 aliphatic rings. The molecule has 3 N–H and O–H groups in total. The van der Waals surface area contributed by atoms with E-state index in [1.54, 1.807) is 12.1 Å². The second kappa shape index (κ2) is 7.31. The number of hydrogen-bond donors (Lipinski definition) is 2. The van der Waals surface area contributed by atoms with Crippen molar-refractivity contribution in [1.29, 1.82) is 0 Å². The molecule has 126 valence electrons. The van der Waals surface area contributed by atoms with Crippen molar-refractivity contribution in [1.82, 2.24) is 9.88 Å². The molecular weight excluding hydrogens is 302 g/mol. The van der Waals surface area contributed by atoms with Crippen molar-refractivity contribution >= 4 is 17.4 Å². The molecule has 1 fully saturated rings. The first-order valence-corrected chi connectivity index (χ1v) is 8.14. The van der Waals surface area contributed by atoms with E-state index in [2.05, 4.69) is 51.4 Å². The van der Waals surface area contributed by atoms with Crippen molar-refractivity contribution in [3.05, 3.63) is 53.7 Å². The van der Waals surface area contributed by atoms with Gasteiger partial charge in [-0.2, -0.15) is 0 Å². The van der Waals surface area contributed by atoms with E-state index in [9.17, 15) is 4.79 Å². The molecule has 0 spiro atoms. The predicted molar refractivity (Wildman–Crippen MR) is 96.2 cm³/mol. The quantitative estimate of drug-likeness (QED) is 0.872. The van der Waals surface area contributed by atoms with Crippen LogP contribution < -0.4 is 16.0 Å². The van der Waals surface area contributed by atoms with Crippen molar-refractivity contribution in [2.45, 2.75) is 6.54 Å². The first-order valence-electron chi connectivity index (χ1n) is 8.14. The third-order valence-corrected chi connectivity index (χ3v) is 4.34. The molecule has 2 heterocycles. The number of nitrogens with zero attached hydrogens (tertiary/aromatic N) is 3. The Hall–Kier alpha value is -2.60. The minimum Gasteiger partial charge on any atom is -0.369 e. The molecule has 0 saturated carbocycles. The lowest BCUT2D eigenvalue weighted by atomic mass is 10.1. The highest BCUT2D eigenvalue weighted by Crippen LogP contribution is 2.22. The maximum Gasteiger partial charge on any atom is 0.250 e. The second-order valence-corrected chi connectivity index (χ2v) is 6.07. The summed E-state index contributed by atoms with van der Waals surface area (Å²) in [5, 5.41) is 3.32. The molecule has 0 unspecified atom stereocenters. The fraction of sp³-hybridized carbons (Fsp3) is 0.333. The summed E-state index contributed by atoms with van der Waals surface area (Å²) in [6.07, 6.45) is 1.50. The number of benzene rings is 1. The van der Waals surface area contributed by atoms with Crippen LogP contribution in [0.2, 0.25) is 0 Å². The molecule has 1 aromatic carbocycles. The van der Waals surface area contributed by atoms with Crippen LogP contribution in [0.25, 0.3) is 0 Å². The van der Waals surface area contributed by atoms with Gasteiger partial charge in [0.05, 0.1) is 5.56 Å². The number of aromatic nitrogens is 1. The van der Waals surface area contributed by atoms with Gasteiger partial charge in [-0.1, -0.05) is 18.2 Å². The molecule has 0 radical (unpaired) electrons. The van der Waals surface area contributed by atoms with Crippen molar-refractivity contribution in [2.24, 2.45) is 5.73 Å². The number of anilines is 2. The average Bonchev–Trinajstić information content (AvgIpc) is 2.61. The molecule has 6 nitrogen and oxygen atoms in total. The van der Waals surface area contributed by atoms with Crippen molar-refractivity contribution < 1.29 is 4.79 Å². The highest BCUT2D eigenvalue weighted by molar-refractivity contribution is 5.92. The van der Waals surface area contributed by atoms with Crippen LogP contribution in [-0.4, -0.2) is 49.0 Å². The lowest BCUT2D eigenvalue weighted by molar-refractivity contribution is 0.1000. The number of primary amides is 1. The fourth-order valence-electron chi connectivity index (χ4n) is 2.85. The third-order valence-electron chi connectivity index (χ3n) is 4.34. The van der Waals surface area contributed by atoms with E-state index in [-0.39, 0.29) is 0 Å². The lowest BCUT2D eigenvalue weighted by Crippen LogP contribution is -2.44. The van der Waals surface area contributed by atoms with Crippen LogP contribution in [0.15, 0.2) is 42.6 Å². The number of carbonyl (C=O) groups is 1. The fourth-order valence-corrected chi connectivity index (χ4v) is 2.85. The van der Waals surface area contributed by atoms with E-state index < -0.39 is 5.91 Å². The Kier molecular flexibility index (Phi) is 4.96. The Morgan fingerprint density at radius 3 is 2.58 bits per heavy atom. The molecule has 0 bridgehead atoms. The first kappa shape index (κ1) is 16.3. The largest absolute Gasteiger partial charge is 0.369 e. The summed E-state index contributed by atoms with van der Waals surface area (Å²) in [6.45, 7) is 4.93. The topological polar surface area (TPSA) is 74.5 Å². The number of pyridine rings is 1. The summed E-state index contributed by atoms with van der Waals surface area (Å²) in [5.74, 6) is 0.266. The van der Waals surface area contributed by atoms with Crippen molar-refractivity contribution in [3.8, 4) is 0 Å². The molecule has 1 aromatic heterocycles. The van der Waals surface area contributed by atoms with E-state index in [0.29, 0.717) is 12.1 Å². The summed E-state index contributed by atoms with van der Waals surface area (Å²) in [7, 11) is 2.16. The van der Waals surface area contributed by atoms with Crippen LogP contribution >= 0.6 is 0 Å². The average molecular weight is 325 g/mol.